The smallest absolute Gasteiger partial charge is 0.290 e. The van der Waals surface area contributed by atoms with Crippen molar-refractivity contribution >= 4 is 29.0 Å². The molecule has 0 unspecified atom stereocenters. The molecule has 2 aliphatic rings. The molecule has 0 aromatic heterocycles. The van der Waals surface area contributed by atoms with Gasteiger partial charge in [-0.05, 0) is 47.9 Å². The summed E-state index contributed by atoms with van der Waals surface area (Å²) >= 11 is 0.640. The lowest BCUT2D eigenvalue weighted by Gasteiger charge is -2.20. The van der Waals surface area contributed by atoms with Gasteiger partial charge < -0.3 is 9.47 Å². The summed E-state index contributed by atoms with van der Waals surface area (Å²) in [7, 11) is 1.28. The van der Waals surface area contributed by atoms with E-state index in [1.165, 1.54) is 13.2 Å². The van der Waals surface area contributed by atoms with Crippen LogP contribution in [0.4, 0.5) is 13.6 Å². The van der Waals surface area contributed by atoms with E-state index in [1.54, 1.807) is 0 Å². The van der Waals surface area contributed by atoms with E-state index in [2.05, 4.69) is 25.2 Å². The predicted octanol–water partition coefficient (Wildman–Crippen LogP) is 5.83. The Hall–Kier alpha value is -2.87. The normalized spacial score (nSPS) is 18.0. The minimum atomic E-state index is -0.782. The van der Waals surface area contributed by atoms with Crippen LogP contribution in [0.15, 0.2) is 23.1 Å². The molecular weight excluding hydrogens is 448 g/mol. The quantitative estimate of drug-likeness (QED) is 0.554. The largest absolute Gasteiger partial charge is 0.493 e. The fourth-order valence-corrected chi connectivity index (χ4v) is 4.86. The van der Waals surface area contributed by atoms with Crippen LogP contribution in [0.25, 0.3) is 17.2 Å². The number of carbonyl (C=O) groups excluding carboxylic acids is 2. The number of thioether (sulfide) groups is 1. The van der Waals surface area contributed by atoms with Crippen LogP contribution in [0, 0.1) is 17.6 Å². The first-order chi connectivity index (χ1) is 15.5. The molecule has 8 heteroatoms. The van der Waals surface area contributed by atoms with Gasteiger partial charge in [-0.25, -0.2) is 8.78 Å². The summed E-state index contributed by atoms with van der Waals surface area (Å²) in [5.41, 5.74) is 1.80. The molecule has 1 fully saturated rings. The molecule has 2 aromatic carbocycles. The Morgan fingerprint density at radius 1 is 1.24 bits per heavy atom. The van der Waals surface area contributed by atoms with Crippen LogP contribution in [0.1, 0.15) is 44.4 Å². The van der Waals surface area contributed by atoms with E-state index < -0.39 is 22.8 Å². The Kier molecular flexibility index (Phi) is 5.99. The highest BCUT2D eigenvalue weighted by Crippen LogP contribution is 2.49. The van der Waals surface area contributed by atoms with Crippen molar-refractivity contribution in [3.63, 3.8) is 0 Å². The van der Waals surface area contributed by atoms with Gasteiger partial charge in [-0.15, -0.1) is 0 Å². The lowest BCUT2D eigenvalue weighted by molar-refractivity contribution is -0.115. The molecule has 2 aromatic rings. The molecule has 0 radical (unpaired) electrons. The Morgan fingerprint density at radius 2 is 1.97 bits per heavy atom. The molecule has 174 valence electrons. The maximum Gasteiger partial charge on any atom is 0.290 e. The molecule has 0 spiro atoms. The van der Waals surface area contributed by atoms with E-state index in [1.807, 2.05) is 19.9 Å². The second-order valence-electron chi connectivity index (χ2n) is 9.31. The van der Waals surface area contributed by atoms with Crippen molar-refractivity contribution in [2.45, 2.75) is 39.5 Å². The minimum Gasteiger partial charge on any atom is -0.493 e. The molecule has 1 saturated heterocycles. The van der Waals surface area contributed by atoms with Crippen LogP contribution in [0.3, 0.4) is 0 Å². The van der Waals surface area contributed by atoms with E-state index in [4.69, 9.17) is 9.47 Å². The first kappa shape index (κ1) is 23.3. The molecule has 1 N–H and O–H groups in total. The fraction of sp³-hybridized carbons (Fsp3) is 0.360. The van der Waals surface area contributed by atoms with Gasteiger partial charge in [-0.3, -0.25) is 14.9 Å². The van der Waals surface area contributed by atoms with E-state index >= 15 is 8.78 Å². The van der Waals surface area contributed by atoms with Gasteiger partial charge in [-0.1, -0.05) is 33.8 Å². The number of ether oxygens (including phenoxy) is 2. The number of imide groups is 1. The zero-order chi connectivity index (χ0) is 24.1. The van der Waals surface area contributed by atoms with Gasteiger partial charge in [0, 0.05) is 22.1 Å². The number of rotatable bonds is 5. The monoisotopic (exact) mass is 473 g/mol. The number of hydrogen-bond donors (Lipinski definition) is 1. The molecule has 2 heterocycles. The highest BCUT2D eigenvalue weighted by atomic mass is 32.2. The van der Waals surface area contributed by atoms with Crippen LogP contribution in [0.2, 0.25) is 0 Å². The van der Waals surface area contributed by atoms with E-state index in [0.717, 1.165) is 23.6 Å². The van der Waals surface area contributed by atoms with Gasteiger partial charge in [-0.2, -0.15) is 0 Å². The number of benzene rings is 2. The predicted molar refractivity (Wildman–Crippen MR) is 125 cm³/mol. The van der Waals surface area contributed by atoms with Gasteiger partial charge in [0.2, 0.25) is 0 Å². The number of halogens is 2. The minimum absolute atomic E-state index is 0.00872. The van der Waals surface area contributed by atoms with E-state index in [0.29, 0.717) is 35.6 Å². The second-order valence-corrected chi connectivity index (χ2v) is 10.3. The highest BCUT2D eigenvalue weighted by molar-refractivity contribution is 8.18. The number of nitrogens with one attached hydrogen (secondary N) is 1. The lowest BCUT2D eigenvalue weighted by atomic mass is 9.83. The molecule has 33 heavy (non-hydrogen) atoms. The maximum absolute atomic E-state index is 15.9. The molecule has 0 atom stereocenters. The summed E-state index contributed by atoms with van der Waals surface area (Å²) < 4.78 is 42.3. The second kappa shape index (κ2) is 8.48. The number of carbonyl (C=O) groups is 2. The molecule has 4 rings (SSSR count). The Morgan fingerprint density at radius 3 is 2.58 bits per heavy atom. The van der Waals surface area contributed by atoms with Crippen LogP contribution >= 0.6 is 11.8 Å². The number of hydrogen-bond acceptors (Lipinski definition) is 5. The van der Waals surface area contributed by atoms with Crippen LogP contribution in [-0.2, 0) is 16.6 Å². The number of amides is 2. The Bertz CT molecular complexity index is 1200. The first-order valence-electron chi connectivity index (χ1n) is 10.6. The summed E-state index contributed by atoms with van der Waals surface area (Å²) in [6.45, 7) is 8.69. The highest BCUT2D eigenvalue weighted by Gasteiger charge is 2.36. The van der Waals surface area contributed by atoms with Crippen molar-refractivity contribution in [2.24, 2.45) is 5.92 Å². The molecule has 5 nitrogen and oxygen atoms in total. The standard InChI is InChI=1S/C25H25F2NO4S/c1-12(2)6-13-7-15(21-16(8-13)25(3,4)11-32-21)19-20(27)14(9-17(26)22(19)31-5)10-18-23(29)28-24(30)33-18/h7-10,12H,6,11H2,1-5H3,(H,28,29,30)/b18-10-. The average molecular weight is 474 g/mol. The van der Waals surface area contributed by atoms with Gasteiger partial charge in [0.15, 0.2) is 11.6 Å². The van der Waals surface area contributed by atoms with Crippen molar-refractivity contribution in [3.05, 3.63) is 51.4 Å². The van der Waals surface area contributed by atoms with Crippen molar-refractivity contribution in [3.8, 4) is 22.6 Å². The average Bonchev–Trinajstić information content (AvgIpc) is 3.20. The van der Waals surface area contributed by atoms with Gasteiger partial charge in [0.25, 0.3) is 11.1 Å². The number of fused-ring (bicyclic) bond motifs is 1. The van der Waals surface area contributed by atoms with Crippen LogP contribution < -0.4 is 14.8 Å². The summed E-state index contributed by atoms with van der Waals surface area (Å²) in [5, 5.41) is 1.56. The summed E-state index contributed by atoms with van der Waals surface area (Å²) in [6, 6.07) is 4.85. The van der Waals surface area contributed by atoms with Crippen LogP contribution in [-0.4, -0.2) is 24.9 Å². The van der Waals surface area contributed by atoms with Gasteiger partial charge >= 0.3 is 0 Å². The molecule has 2 aliphatic heterocycles. The Balaban J connectivity index is 1.98. The molecule has 0 aliphatic carbocycles. The Labute approximate surface area is 195 Å². The zero-order valence-electron chi connectivity index (χ0n) is 19.1. The van der Waals surface area contributed by atoms with E-state index in [-0.39, 0.29) is 27.2 Å². The molecule has 0 bridgehead atoms. The summed E-state index contributed by atoms with van der Waals surface area (Å²) in [6.07, 6.45) is 1.93. The van der Waals surface area contributed by atoms with Crippen molar-refractivity contribution in [1.29, 1.82) is 0 Å². The molecular formula is C25H25F2NO4S. The zero-order valence-corrected chi connectivity index (χ0v) is 19.9. The lowest BCUT2D eigenvalue weighted by Crippen LogP contribution is -2.18. The van der Waals surface area contributed by atoms with E-state index in [9.17, 15) is 9.59 Å². The third-order valence-electron chi connectivity index (χ3n) is 5.70. The maximum atomic E-state index is 15.9. The third-order valence-corrected chi connectivity index (χ3v) is 6.51. The van der Waals surface area contributed by atoms with Gasteiger partial charge in [0.1, 0.15) is 11.6 Å². The summed E-state index contributed by atoms with van der Waals surface area (Å²) in [4.78, 5) is 23.4. The summed E-state index contributed by atoms with van der Waals surface area (Å²) in [5.74, 6) is -1.58. The SMILES string of the molecule is COc1c(F)cc(/C=C2\SC(=O)NC2=O)c(F)c1-c1cc(CC(C)C)cc2c1OCC2(C)C. The number of methoxy groups -OCH3 is 1. The molecule has 0 saturated carbocycles. The first-order valence-corrected chi connectivity index (χ1v) is 11.4. The molecule has 2 amide bonds. The fourth-order valence-electron chi connectivity index (χ4n) is 4.19. The topological polar surface area (TPSA) is 64.6 Å². The van der Waals surface area contributed by atoms with Crippen molar-refractivity contribution in [2.75, 3.05) is 13.7 Å². The van der Waals surface area contributed by atoms with Crippen LogP contribution in [0.5, 0.6) is 11.5 Å². The van der Waals surface area contributed by atoms with Gasteiger partial charge in [0.05, 0.1) is 24.2 Å². The van der Waals surface area contributed by atoms with Crippen molar-refractivity contribution < 1.29 is 27.8 Å². The van der Waals surface area contributed by atoms with Crippen molar-refractivity contribution in [1.82, 2.24) is 5.32 Å². The third kappa shape index (κ3) is 4.24.